The zero-order chi connectivity index (χ0) is 14.3. The molecule has 0 amide bonds. The lowest BCUT2D eigenvalue weighted by molar-refractivity contribution is 0.433. The van der Waals surface area contributed by atoms with Gasteiger partial charge in [-0.2, -0.15) is 0 Å². The fraction of sp³-hybridized carbons (Fsp3) is 0.0625. The number of H-pyrrole nitrogens is 1. The molecule has 4 heteroatoms. The smallest absolute Gasteiger partial charge is 0.247 e. The first-order valence-corrected chi connectivity index (χ1v) is 6.17. The van der Waals surface area contributed by atoms with Gasteiger partial charge in [-0.3, -0.25) is 4.79 Å². The van der Waals surface area contributed by atoms with E-state index >= 15 is 0 Å². The van der Waals surface area contributed by atoms with E-state index in [2.05, 4.69) is 11.6 Å². The molecule has 0 radical (unpaired) electrons. The number of aromatic nitrogens is 1. The van der Waals surface area contributed by atoms with Crippen LogP contribution in [0.5, 0.6) is 11.5 Å². The molecule has 1 aromatic heterocycles. The van der Waals surface area contributed by atoms with Crippen molar-refractivity contribution in [1.82, 2.24) is 4.98 Å². The standard InChI is InChI=1S/C16H13NO3/c1-9-13-5-4-12(18)7-14(13)20-10(2)16(9)11-3-6-15(19)17-8-11/h3-8,18H,2H2,1H3,(H,17,19). The van der Waals surface area contributed by atoms with E-state index in [-0.39, 0.29) is 11.3 Å². The van der Waals surface area contributed by atoms with E-state index in [1.165, 1.54) is 6.07 Å². The molecule has 2 heterocycles. The molecule has 1 aliphatic rings. The van der Waals surface area contributed by atoms with Gasteiger partial charge in [0.15, 0.2) is 0 Å². The number of hydrogen-bond donors (Lipinski definition) is 2. The summed E-state index contributed by atoms with van der Waals surface area (Å²) in [5.41, 5.74) is 3.42. The highest BCUT2D eigenvalue weighted by Gasteiger charge is 2.22. The Morgan fingerprint density at radius 3 is 2.75 bits per heavy atom. The Morgan fingerprint density at radius 2 is 2.05 bits per heavy atom. The quantitative estimate of drug-likeness (QED) is 0.835. The summed E-state index contributed by atoms with van der Waals surface area (Å²) < 4.78 is 5.68. The predicted molar refractivity (Wildman–Crippen MR) is 77.4 cm³/mol. The third-order valence-corrected chi connectivity index (χ3v) is 3.33. The molecular formula is C16H13NO3. The summed E-state index contributed by atoms with van der Waals surface area (Å²) in [5.74, 6) is 1.23. The maximum Gasteiger partial charge on any atom is 0.247 e. The van der Waals surface area contributed by atoms with E-state index in [1.807, 2.05) is 6.92 Å². The average Bonchev–Trinajstić information content (AvgIpc) is 2.40. The second-order valence-corrected chi connectivity index (χ2v) is 4.65. The second-order valence-electron chi connectivity index (χ2n) is 4.65. The first-order valence-electron chi connectivity index (χ1n) is 6.17. The summed E-state index contributed by atoms with van der Waals surface area (Å²) in [5, 5.41) is 9.51. The highest BCUT2D eigenvalue weighted by molar-refractivity contribution is 5.99. The molecule has 4 nitrogen and oxygen atoms in total. The summed E-state index contributed by atoms with van der Waals surface area (Å²) in [6.07, 6.45) is 1.64. The molecule has 0 aliphatic carbocycles. The van der Waals surface area contributed by atoms with Crippen LogP contribution in [0, 0.1) is 0 Å². The molecular weight excluding hydrogens is 254 g/mol. The number of pyridine rings is 1. The summed E-state index contributed by atoms with van der Waals surface area (Å²) in [6.45, 7) is 5.88. The lowest BCUT2D eigenvalue weighted by Crippen LogP contribution is -2.09. The molecule has 0 unspecified atom stereocenters. The summed E-state index contributed by atoms with van der Waals surface area (Å²) in [4.78, 5) is 13.8. The van der Waals surface area contributed by atoms with Crippen molar-refractivity contribution in [2.24, 2.45) is 0 Å². The van der Waals surface area contributed by atoms with Crippen LogP contribution in [-0.2, 0) is 0 Å². The van der Waals surface area contributed by atoms with Crippen LogP contribution >= 0.6 is 0 Å². The molecule has 0 spiro atoms. The van der Waals surface area contributed by atoms with Crippen molar-refractivity contribution in [2.45, 2.75) is 6.92 Å². The number of phenols is 1. The monoisotopic (exact) mass is 267 g/mol. The highest BCUT2D eigenvalue weighted by atomic mass is 16.5. The minimum atomic E-state index is -0.153. The number of allylic oxidation sites excluding steroid dienone is 2. The fourth-order valence-electron chi connectivity index (χ4n) is 2.38. The molecule has 3 rings (SSSR count). The van der Waals surface area contributed by atoms with Crippen LogP contribution in [0.25, 0.3) is 11.1 Å². The van der Waals surface area contributed by atoms with Crippen molar-refractivity contribution < 1.29 is 9.84 Å². The van der Waals surface area contributed by atoms with Crippen LogP contribution in [0.2, 0.25) is 0 Å². The van der Waals surface area contributed by atoms with E-state index in [1.54, 1.807) is 30.5 Å². The second kappa shape index (κ2) is 4.42. The Balaban J connectivity index is 2.21. The Bertz CT molecular complexity index is 779. The minimum Gasteiger partial charge on any atom is -0.508 e. The topological polar surface area (TPSA) is 62.3 Å². The van der Waals surface area contributed by atoms with Gasteiger partial charge in [-0.15, -0.1) is 0 Å². The molecule has 1 aliphatic heterocycles. The van der Waals surface area contributed by atoms with Gasteiger partial charge < -0.3 is 14.8 Å². The van der Waals surface area contributed by atoms with E-state index in [0.717, 1.165) is 22.3 Å². The van der Waals surface area contributed by atoms with Gasteiger partial charge in [-0.05, 0) is 30.7 Å². The molecule has 0 atom stereocenters. The number of hydrogen-bond acceptors (Lipinski definition) is 3. The first-order chi connectivity index (χ1) is 9.56. The van der Waals surface area contributed by atoms with Gasteiger partial charge in [0.1, 0.15) is 17.3 Å². The van der Waals surface area contributed by atoms with Crippen LogP contribution in [-0.4, -0.2) is 10.1 Å². The van der Waals surface area contributed by atoms with Gasteiger partial charge in [-0.25, -0.2) is 0 Å². The lowest BCUT2D eigenvalue weighted by atomic mass is 9.93. The summed E-state index contributed by atoms with van der Waals surface area (Å²) in [6, 6.07) is 8.18. The van der Waals surface area contributed by atoms with Gasteiger partial charge in [0.2, 0.25) is 5.56 Å². The molecule has 0 saturated heterocycles. The zero-order valence-electron chi connectivity index (χ0n) is 10.9. The fourth-order valence-corrected chi connectivity index (χ4v) is 2.38. The maximum absolute atomic E-state index is 11.2. The predicted octanol–water partition coefficient (Wildman–Crippen LogP) is 2.92. The van der Waals surface area contributed by atoms with Crippen molar-refractivity contribution in [3.63, 3.8) is 0 Å². The van der Waals surface area contributed by atoms with E-state index in [0.29, 0.717) is 11.5 Å². The number of fused-ring (bicyclic) bond motifs is 1. The Labute approximate surface area is 115 Å². The van der Waals surface area contributed by atoms with Crippen molar-refractivity contribution >= 4 is 11.1 Å². The summed E-state index contributed by atoms with van der Waals surface area (Å²) >= 11 is 0. The first kappa shape index (κ1) is 12.3. The van der Waals surface area contributed by atoms with Gasteiger partial charge in [-0.1, -0.05) is 6.58 Å². The van der Waals surface area contributed by atoms with Crippen LogP contribution in [0.4, 0.5) is 0 Å². The molecule has 0 bridgehead atoms. The number of rotatable bonds is 1. The Kier molecular flexibility index (Phi) is 2.71. The number of nitrogens with one attached hydrogen (secondary N) is 1. The van der Waals surface area contributed by atoms with Gasteiger partial charge in [0.05, 0.1) is 0 Å². The average molecular weight is 267 g/mol. The van der Waals surface area contributed by atoms with Gasteiger partial charge in [0, 0.05) is 35.0 Å². The van der Waals surface area contributed by atoms with Gasteiger partial charge in [0.25, 0.3) is 0 Å². The number of benzene rings is 1. The van der Waals surface area contributed by atoms with Crippen molar-refractivity contribution in [1.29, 1.82) is 0 Å². The third-order valence-electron chi connectivity index (χ3n) is 3.33. The van der Waals surface area contributed by atoms with E-state index in [4.69, 9.17) is 4.74 Å². The number of aromatic hydroxyl groups is 1. The van der Waals surface area contributed by atoms with Crippen molar-refractivity contribution in [3.05, 3.63) is 70.3 Å². The number of phenolic OH excluding ortho intramolecular Hbond substituents is 1. The highest BCUT2D eigenvalue weighted by Crippen LogP contribution is 2.42. The molecule has 0 fully saturated rings. The molecule has 2 aromatic rings. The van der Waals surface area contributed by atoms with E-state index in [9.17, 15) is 9.90 Å². The van der Waals surface area contributed by atoms with Crippen LogP contribution in [0.15, 0.2) is 53.7 Å². The molecule has 2 N–H and O–H groups in total. The van der Waals surface area contributed by atoms with Crippen molar-refractivity contribution in [3.8, 4) is 11.5 Å². The lowest BCUT2D eigenvalue weighted by Gasteiger charge is -2.24. The van der Waals surface area contributed by atoms with Gasteiger partial charge >= 0.3 is 0 Å². The Morgan fingerprint density at radius 1 is 1.25 bits per heavy atom. The number of aromatic amines is 1. The zero-order valence-corrected chi connectivity index (χ0v) is 10.9. The van der Waals surface area contributed by atoms with Crippen molar-refractivity contribution in [2.75, 3.05) is 0 Å². The SMILES string of the molecule is C=C1Oc2cc(O)ccc2C(C)=C1c1ccc(=O)[nH]c1. The van der Waals surface area contributed by atoms with Crippen LogP contribution in [0.3, 0.4) is 0 Å². The number of ether oxygens (including phenoxy) is 1. The minimum absolute atomic E-state index is 0.150. The van der Waals surface area contributed by atoms with Crippen LogP contribution in [0.1, 0.15) is 18.1 Å². The summed E-state index contributed by atoms with van der Waals surface area (Å²) in [7, 11) is 0. The molecule has 100 valence electrons. The third kappa shape index (κ3) is 1.91. The molecule has 20 heavy (non-hydrogen) atoms. The maximum atomic E-state index is 11.2. The largest absolute Gasteiger partial charge is 0.508 e. The molecule has 0 saturated carbocycles. The normalized spacial score (nSPS) is 13.9. The van der Waals surface area contributed by atoms with E-state index < -0.39 is 0 Å². The molecule has 1 aromatic carbocycles. The Hall–Kier alpha value is -2.75. The van der Waals surface area contributed by atoms with Crippen LogP contribution < -0.4 is 10.3 Å².